The number of alkyl halides is 8. The Morgan fingerprint density at radius 3 is 1.90 bits per heavy atom. The second-order valence-corrected chi connectivity index (χ2v) is 6.10. The van der Waals surface area contributed by atoms with Crippen molar-refractivity contribution >= 4 is 23.2 Å². The molecule has 3 rings (SSSR count). The summed E-state index contributed by atoms with van der Waals surface area (Å²) in [4.78, 5) is 9.35. The fraction of sp³-hybridized carbons (Fsp3) is 0.200. The zero-order valence-electron chi connectivity index (χ0n) is 13.7. The minimum absolute atomic E-state index is 0.286. The van der Waals surface area contributed by atoms with Gasteiger partial charge >= 0.3 is 18.3 Å². The lowest BCUT2D eigenvalue weighted by molar-refractivity contribution is -0.290. The normalized spacial score (nSPS) is 12.5. The molecule has 0 bridgehead atoms. The summed E-state index contributed by atoms with van der Waals surface area (Å²) in [5.74, 6) is -5.25. The van der Waals surface area contributed by atoms with Crippen molar-refractivity contribution in [3.05, 3.63) is 64.7 Å². The Morgan fingerprint density at radius 2 is 1.52 bits per heavy atom. The van der Waals surface area contributed by atoms with Crippen molar-refractivity contribution < 1.29 is 35.1 Å². The largest absolute Gasteiger partial charge is 0.459 e. The highest BCUT2D eigenvalue weighted by molar-refractivity contribution is 6.37. The highest BCUT2D eigenvalue weighted by Gasteiger charge is 2.60. The van der Waals surface area contributed by atoms with Crippen molar-refractivity contribution in [2.45, 2.75) is 18.3 Å². The van der Waals surface area contributed by atoms with Crippen LogP contribution in [-0.4, -0.2) is 25.7 Å². The van der Waals surface area contributed by atoms with E-state index in [1.165, 1.54) is 0 Å². The van der Waals surface area contributed by atoms with E-state index in [0.29, 0.717) is 23.0 Å². The summed E-state index contributed by atoms with van der Waals surface area (Å²) in [5, 5.41) is -1.21. The number of benzene rings is 1. The molecule has 1 aromatic carbocycles. The zero-order chi connectivity index (χ0) is 22.0. The van der Waals surface area contributed by atoms with Gasteiger partial charge in [0.15, 0.2) is 0 Å². The Hall–Kier alpha value is -2.34. The molecule has 0 aliphatic carbocycles. The molecular formula is C15H8Cl2F8N4. The molecule has 0 spiro atoms. The van der Waals surface area contributed by atoms with Gasteiger partial charge in [-0.15, -0.1) is 0 Å². The topological polar surface area (TPSA) is 46.5 Å². The number of H-pyrrole nitrogens is 1. The third-order valence-electron chi connectivity index (χ3n) is 3.27. The molecule has 0 aliphatic heterocycles. The SMILES string of the molecule is FC(F)(F)c1cc(Cl)c(-n2cnc(C(F)(F)C(F)(F)F)c2)c(Cl)c1.c1c[nH]cn1. The first-order valence-electron chi connectivity index (χ1n) is 7.23. The number of hydrogen-bond acceptors (Lipinski definition) is 2. The minimum Gasteiger partial charge on any atom is -0.351 e. The van der Waals surface area contributed by atoms with Crippen molar-refractivity contribution in [1.82, 2.24) is 19.5 Å². The lowest BCUT2D eigenvalue weighted by Gasteiger charge is -2.17. The molecule has 0 saturated heterocycles. The first-order chi connectivity index (χ1) is 13.2. The Balaban J connectivity index is 0.000000521. The maximum Gasteiger partial charge on any atom is 0.459 e. The molecule has 0 unspecified atom stereocenters. The number of hydrogen-bond donors (Lipinski definition) is 1. The van der Waals surface area contributed by atoms with E-state index in [0.717, 1.165) is 0 Å². The van der Waals surface area contributed by atoms with Crippen molar-refractivity contribution in [1.29, 1.82) is 0 Å². The van der Waals surface area contributed by atoms with Gasteiger partial charge in [0.1, 0.15) is 5.69 Å². The van der Waals surface area contributed by atoms with Crippen LogP contribution < -0.4 is 0 Å². The van der Waals surface area contributed by atoms with E-state index in [1.54, 1.807) is 18.7 Å². The predicted octanol–water partition coefficient (Wildman–Crippen LogP) is 6.26. The van der Waals surface area contributed by atoms with Crippen LogP contribution in [0, 0.1) is 0 Å². The van der Waals surface area contributed by atoms with Crippen molar-refractivity contribution in [3.63, 3.8) is 0 Å². The smallest absolute Gasteiger partial charge is 0.351 e. The lowest BCUT2D eigenvalue weighted by Crippen LogP contribution is -2.33. The maximum absolute atomic E-state index is 13.2. The molecule has 0 amide bonds. The number of nitrogens with one attached hydrogen (secondary N) is 1. The molecule has 1 N–H and O–H groups in total. The van der Waals surface area contributed by atoms with Gasteiger partial charge in [-0.2, -0.15) is 35.1 Å². The second-order valence-electron chi connectivity index (χ2n) is 5.29. The van der Waals surface area contributed by atoms with Crippen LogP contribution in [0.4, 0.5) is 35.1 Å². The standard InChI is InChI=1S/C12H4Cl2F8N2.C3H4N2/c13-6-1-5(11(17,18)19)2-7(14)9(6)24-3-8(23-4-24)10(15,16)12(20,21)22;1-2-5-3-4-1/h1-4H;1-3H,(H,4,5). The Morgan fingerprint density at radius 1 is 0.931 bits per heavy atom. The third-order valence-corrected chi connectivity index (χ3v) is 3.84. The first kappa shape index (κ1) is 22.9. The van der Waals surface area contributed by atoms with Gasteiger partial charge < -0.3 is 9.55 Å². The van der Waals surface area contributed by atoms with Crippen molar-refractivity contribution in [2.75, 3.05) is 0 Å². The van der Waals surface area contributed by atoms with Gasteiger partial charge in [-0.1, -0.05) is 23.2 Å². The second kappa shape index (κ2) is 8.19. The van der Waals surface area contributed by atoms with Gasteiger partial charge in [0.2, 0.25) is 0 Å². The van der Waals surface area contributed by atoms with Crippen molar-refractivity contribution in [3.8, 4) is 5.69 Å². The van der Waals surface area contributed by atoms with Crippen LogP contribution in [0.5, 0.6) is 0 Å². The van der Waals surface area contributed by atoms with Crippen LogP contribution in [0.2, 0.25) is 10.0 Å². The van der Waals surface area contributed by atoms with E-state index >= 15 is 0 Å². The number of aromatic amines is 1. The average molecular weight is 467 g/mol. The molecule has 29 heavy (non-hydrogen) atoms. The maximum atomic E-state index is 13.2. The summed E-state index contributed by atoms with van der Waals surface area (Å²) in [7, 11) is 0. The summed E-state index contributed by atoms with van der Waals surface area (Å²) in [6, 6.07) is 0.925. The molecule has 0 atom stereocenters. The average Bonchev–Trinajstić information content (AvgIpc) is 3.27. The first-order valence-corrected chi connectivity index (χ1v) is 7.99. The van der Waals surface area contributed by atoms with E-state index in [1.807, 2.05) is 0 Å². The van der Waals surface area contributed by atoms with Gasteiger partial charge in [0.05, 0.1) is 34.0 Å². The molecule has 2 aromatic heterocycles. The molecule has 0 aliphatic rings. The monoisotopic (exact) mass is 466 g/mol. The highest BCUT2D eigenvalue weighted by atomic mass is 35.5. The molecule has 3 aromatic rings. The molecule has 0 fully saturated rings. The molecule has 4 nitrogen and oxygen atoms in total. The molecule has 158 valence electrons. The zero-order valence-corrected chi connectivity index (χ0v) is 15.2. The molecular weight excluding hydrogens is 459 g/mol. The summed E-state index contributed by atoms with van der Waals surface area (Å²) in [6.07, 6.45) is -4.75. The molecule has 0 radical (unpaired) electrons. The molecule has 2 heterocycles. The van der Waals surface area contributed by atoms with Crippen LogP contribution in [0.15, 0.2) is 43.4 Å². The Bertz CT molecular complexity index is 908. The van der Waals surface area contributed by atoms with Crippen LogP contribution in [0.25, 0.3) is 5.69 Å². The number of imidazole rings is 2. The quantitative estimate of drug-likeness (QED) is 0.453. The van der Waals surface area contributed by atoms with Crippen molar-refractivity contribution in [2.24, 2.45) is 0 Å². The highest BCUT2D eigenvalue weighted by Crippen LogP contribution is 2.44. The predicted molar refractivity (Wildman–Crippen MR) is 87.1 cm³/mol. The van der Waals surface area contributed by atoms with Crippen LogP contribution in [0.3, 0.4) is 0 Å². The van der Waals surface area contributed by atoms with Crippen LogP contribution in [0.1, 0.15) is 11.3 Å². The number of halogens is 10. The minimum atomic E-state index is -5.89. The van der Waals surface area contributed by atoms with Gasteiger partial charge in [0, 0.05) is 18.6 Å². The van der Waals surface area contributed by atoms with Gasteiger partial charge in [-0.05, 0) is 12.1 Å². The lowest BCUT2D eigenvalue weighted by atomic mass is 10.2. The number of nitrogens with zero attached hydrogens (tertiary/aromatic N) is 3. The van der Waals surface area contributed by atoms with Gasteiger partial charge in [-0.25, -0.2) is 9.97 Å². The molecule has 14 heteroatoms. The third kappa shape index (κ3) is 5.18. The number of rotatable bonds is 2. The summed E-state index contributed by atoms with van der Waals surface area (Å²) in [5.41, 5.74) is -3.27. The van der Waals surface area contributed by atoms with E-state index in [2.05, 4.69) is 15.0 Å². The van der Waals surface area contributed by atoms with E-state index in [9.17, 15) is 35.1 Å². The molecule has 0 saturated carbocycles. The summed E-state index contributed by atoms with van der Waals surface area (Å²) < 4.78 is 102. The Labute approximate surface area is 167 Å². The Kier molecular flexibility index (Phi) is 6.48. The van der Waals surface area contributed by atoms with E-state index in [4.69, 9.17) is 23.2 Å². The van der Waals surface area contributed by atoms with Gasteiger partial charge in [-0.3, -0.25) is 0 Å². The van der Waals surface area contributed by atoms with Crippen LogP contribution >= 0.6 is 23.2 Å². The van der Waals surface area contributed by atoms with E-state index < -0.39 is 45.3 Å². The summed E-state index contributed by atoms with van der Waals surface area (Å²) >= 11 is 11.3. The fourth-order valence-electron chi connectivity index (χ4n) is 1.94. The summed E-state index contributed by atoms with van der Waals surface area (Å²) in [6.45, 7) is 0. The number of aromatic nitrogens is 4. The van der Waals surface area contributed by atoms with E-state index in [-0.39, 0.29) is 6.20 Å². The van der Waals surface area contributed by atoms with Crippen LogP contribution in [-0.2, 0) is 12.1 Å². The fourth-order valence-corrected chi connectivity index (χ4v) is 2.63. The van der Waals surface area contributed by atoms with Gasteiger partial charge in [0.25, 0.3) is 0 Å².